The van der Waals surface area contributed by atoms with Crippen molar-refractivity contribution >= 4 is 11.0 Å². The van der Waals surface area contributed by atoms with Crippen molar-refractivity contribution in [2.45, 2.75) is 39.8 Å². The normalized spacial score (nSPS) is 12.9. The average molecular weight is 284 g/mol. The van der Waals surface area contributed by atoms with E-state index in [1.165, 1.54) is 10.9 Å². The highest BCUT2D eigenvalue weighted by atomic mass is 16.4. The fraction of sp³-hybridized carbons (Fsp3) is 0.353. The summed E-state index contributed by atoms with van der Waals surface area (Å²) in [7, 11) is 0. The van der Waals surface area contributed by atoms with Crippen molar-refractivity contribution in [3.8, 4) is 0 Å². The van der Waals surface area contributed by atoms with Gasteiger partial charge in [0, 0.05) is 10.9 Å². The van der Waals surface area contributed by atoms with Crippen LogP contribution >= 0.6 is 0 Å². The van der Waals surface area contributed by atoms with Gasteiger partial charge in [-0.15, -0.1) is 0 Å². The van der Waals surface area contributed by atoms with Gasteiger partial charge in [-0.1, -0.05) is 25.1 Å². The zero-order valence-corrected chi connectivity index (χ0v) is 12.6. The average Bonchev–Trinajstić information content (AvgIpc) is 3.07. The fourth-order valence-corrected chi connectivity index (χ4v) is 2.65. The number of furan rings is 1. The zero-order valence-electron chi connectivity index (χ0n) is 12.6. The predicted molar refractivity (Wildman–Crippen MR) is 82.1 cm³/mol. The number of aryl methyl sites for hydroxylation is 2. The molecular weight excluding hydrogens is 264 g/mol. The number of rotatable bonds is 5. The Morgan fingerprint density at radius 1 is 1.24 bits per heavy atom. The number of nitrogens with zero attached hydrogens (tertiary/aromatic N) is 1. The molecule has 0 bridgehead atoms. The third kappa shape index (κ3) is 2.72. The Bertz CT molecular complexity index is 742. The van der Waals surface area contributed by atoms with Crippen LogP contribution in [0.4, 0.5) is 0 Å². The van der Waals surface area contributed by atoms with Crippen LogP contribution in [0.25, 0.3) is 11.0 Å². The Hall–Kier alpha value is -2.07. The highest BCUT2D eigenvalue weighted by Gasteiger charge is 2.18. The minimum absolute atomic E-state index is 0.111. The number of hydrogen-bond acceptors (Lipinski definition) is 4. The lowest BCUT2D eigenvalue weighted by atomic mass is 10.1. The molecule has 0 aliphatic heterocycles. The maximum atomic E-state index is 6.03. The van der Waals surface area contributed by atoms with Crippen molar-refractivity contribution in [1.82, 2.24) is 10.3 Å². The van der Waals surface area contributed by atoms with Crippen LogP contribution in [0.3, 0.4) is 0 Å². The molecule has 0 spiro atoms. The number of fused-ring (bicyclic) bond motifs is 1. The van der Waals surface area contributed by atoms with E-state index in [2.05, 4.69) is 36.3 Å². The van der Waals surface area contributed by atoms with Crippen LogP contribution in [0.5, 0.6) is 0 Å². The second-order valence-corrected chi connectivity index (χ2v) is 5.26. The summed E-state index contributed by atoms with van der Waals surface area (Å²) in [5.41, 5.74) is 2.22. The summed E-state index contributed by atoms with van der Waals surface area (Å²) in [5.74, 6) is 2.54. The SMILES string of the molecule is CCc1c(C(C)NCc2ncc(C)o2)oc2ccccc12. The number of nitrogens with one attached hydrogen (secondary N) is 1. The Kier molecular flexibility index (Phi) is 3.80. The first-order chi connectivity index (χ1) is 10.2. The standard InChI is InChI=1S/C17H20N2O2/c1-4-13-14-7-5-6-8-15(14)21-17(13)12(3)18-10-16-19-9-11(2)20-16/h5-9,12,18H,4,10H2,1-3H3. The minimum atomic E-state index is 0.111. The number of hydrogen-bond donors (Lipinski definition) is 1. The second kappa shape index (κ2) is 5.74. The van der Waals surface area contributed by atoms with Gasteiger partial charge in [0.25, 0.3) is 0 Å². The molecule has 3 rings (SSSR count). The summed E-state index contributed by atoms with van der Waals surface area (Å²) in [6, 6.07) is 8.30. The van der Waals surface area contributed by atoms with Crippen LogP contribution in [0.1, 0.15) is 42.9 Å². The Morgan fingerprint density at radius 2 is 2.05 bits per heavy atom. The first-order valence-corrected chi connectivity index (χ1v) is 7.34. The zero-order chi connectivity index (χ0) is 14.8. The lowest BCUT2D eigenvalue weighted by Crippen LogP contribution is -2.18. The minimum Gasteiger partial charge on any atom is -0.459 e. The van der Waals surface area contributed by atoms with Crippen molar-refractivity contribution in [2.75, 3.05) is 0 Å². The maximum Gasteiger partial charge on any atom is 0.208 e. The van der Waals surface area contributed by atoms with Crippen molar-refractivity contribution in [2.24, 2.45) is 0 Å². The Labute approximate surface area is 124 Å². The molecular formula is C17H20N2O2. The molecule has 2 aromatic heterocycles. The molecule has 0 aliphatic rings. The summed E-state index contributed by atoms with van der Waals surface area (Å²) in [6.45, 7) is 6.75. The highest BCUT2D eigenvalue weighted by molar-refractivity contribution is 5.82. The quantitative estimate of drug-likeness (QED) is 0.765. The molecule has 0 aliphatic carbocycles. The molecule has 0 radical (unpaired) electrons. The van der Waals surface area contributed by atoms with E-state index < -0.39 is 0 Å². The lowest BCUT2D eigenvalue weighted by molar-refractivity contribution is 0.401. The van der Waals surface area contributed by atoms with Crippen LogP contribution in [-0.4, -0.2) is 4.98 Å². The van der Waals surface area contributed by atoms with Crippen LogP contribution < -0.4 is 5.32 Å². The largest absolute Gasteiger partial charge is 0.459 e. The topological polar surface area (TPSA) is 51.2 Å². The molecule has 0 fully saturated rings. The number of para-hydroxylation sites is 1. The molecule has 1 N–H and O–H groups in total. The summed E-state index contributed by atoms with van der Waals surface area (Å²) < 4.78 is 11.5. The molecule has 1 atom stereocenters. The van der Waals surface area contributed by atoms with Gasteiger partial charge in [-0.3, -0.25) is 5.32 Å². The number of aromatic nitrogens is 1. The fourth-order valence-electron chi connectivity index (χ4n) is 2.65. The van der Waals surface area contributed by atoms with Crippen molar-refractivity contribution in [1.29, 1.82) is 0 Å². The molecule has 1 unspecified atom stereocenters. The van der Waals surface area contributed by atoms with Crippen molar-refractivity contribution < 1.29 is 8.83 Å². The monoisotopic (exact) mass is 284 g/mol. The first kappa shape index (κ1) is 13.9. The van der Waals surface area contributed by atoms with Gasteiger partial charge in [-0.25, -0.2) is 4.98 Å². The van der Waals surface area contributed by atoms with E-state index in [9.17, 15) is 0 Å². The molecule has 0 saturated heterocycles. The number of benzene rings is 1. The van der Waals surface area contributed by atoms with Gasteiger partial charge in [-0.05, 0) is 26.3 Å². The molecule has 4 heteroatoms. The molecule has 0 saturated carbocycles. The smallest absolute Gasteiger partial charge is 0.208 e. The maximum absolute atomic E-state index is 6.03. The lowest BCUT2D eigenvalue weighted by Gasteiger charge is -2.11. The summed E-state index contributed by atoms with van der Waals surface area (Å²) in [6.07, 6.45) is 2.69. The van der Waals surface area contributed by atoms with Gasteiger partial charge in [0.1, 0.15) is 17.1 Å². The molecule has 21 heavy (non-hydrogen) atoms. The third-order valence-electron chi connectivity index (χ3n) is 3.70. The summed E-state index contributed by atoms with van der Waals surface area (Å²) >= 11 is 0. The molecule has 4 nitrogen and oxygen atoms in total. The predicted octanol–water partition coefficient (Wildman–Crippen LogP) is 4.14. The van der Waals surface area contributed by atoms with E-state index in [0.717, 1.165) is 23.5 Å². The van der Waals surface area contributed by atoms with Gasteiger partial charge in [0.05, 0.1) is 18.8 Å². The van der Waals surface area contributed by atoms with Crippen molar-refractivity contribution in [3.63, 3.8) is 0 Å². The van der Waals surface area contributed by atoms with E-state index in [-0.39, 0.29) is 6.04 Å². The third-order valence-corrected chi connectivity index (χ3v) is 3.70. The highest BCUT2D eigenvalue weighted by Crippen LogP contribution is 2.30. The first-order valence-electron chi connectivity index (χ1n) is 7.34. The molecule has 1 aromatic carbocycles. The van der Waals surface area contributed by atoms with E-state index in [0.29, 0.717) is 12.4 Å². The number of oxazole rings is 1. The Morgan fingerprint density at radius 3 is 2.76 bits per heavy atom. The van der Waals surface area contributed by atoms with Gasteiger partial charge in [0.15, 0.2) is 0 Å². The van der Waals surface area contributed by atoms with Gasteiger partial charge < -0.3 is 8.83 Å². The molecule has 2 heterocycles. The van der Waals surface area contributed by atoms with E-state index in [4.69, 9.17) is 8.83 Å². The van der Waals surface area contributed by atoms with E-state index in [1.54, 1.807) is 6.20 Å². The van der Waals surface area contributed by atoms with Crippen LogP contribution in [0.15, 0.2) is 39.3 Å². The van der Waals surface area contributed by atoms with E-state index in [1.807, 2.05) is 19.1 Å². The van der Waals surface area contributed by atoms with Crippen molar-refractivity contribution in [3.05, 3.63) is 53.4 Å². The summed E-state index contributed by atoms with van der Waals surface area (Å²) in [5, 5.41) is 4.62. The molecule has 0 amide bonds. The molecule has 3 aromatic rings. The second-order valence-electron chi connectivity index (χ2n) is 5.26. The van der Waals surface area contributed by atoms with Gasteiger partial charge >= 0.3 is 0 Å². The van der Waals surface area contributed by atoms with Crippen LogP contribution in [-0.2, 0) is 13.0 Å². The van der Waals surface area contributed by atoms with Crippen LogP contribution in [0, 0.1) is 6.92 Å². The van der Waals surface area contributed by atoms with Gasteiger partial charge in [-0.2, -0.15) is 0 Å². The van der Waals surface area contributed by atoms with E-state index >= 15 is 0 Å². The Balaban J connectivity index is 1.82. The van der Waals surface area contributed by atoms with Gasteiger partial charge in [0.2, 0.25) is 5.89 Å². The molecule has 110 valence electrons. The summed E-state index contributed by atoms with van der Waals surface area (Å²) in [4.78, 5) is 4.21. The van der Waals surface area contributed by atoms with Crippen LogP contribution in [0.2, 0.25) is 0 Å².